The van der Waals surface area contributed by atoms with Crippen molar-refractivity contribution in [3.8, 4) is 11.6 Å². The first-order valence-corrected chi connectivity index (χ1v) is 12.2. The largest absolute Gasteiger partial charge is 0.441 e. The molecule has 33 heavy (non-hydrogen) atoms. The Labute approximate surface area is 203 Å². The van der Waals surface area contributed by atoms with Gasteiger partial charge in [0.2, 0.25) is 5.82 Å². The van der Waals surface area contributed by atoms with Crippen LogP contribution < -0.4 is 0 Å². The Hall–Kier alpha value is -2.36. The van der Waals surface area contributed by atoms with E-state index >= 15 is 0 Å². The highest BCUT2D eigenvalue weighted by molar-refractivity contribution is 7.99. The number of thioether (sulfide) groups is 1. The Bertz CT molecular complexity index is 1190. The highest BCUT2D eigenvalue weighted by Gasteiger charge is 2.18. The van der Waals surface area contributed by atoms with Gasteiger partial charge < -0.3 is 18.3 Å². The molecule has 4 aromatic rings. The number of benzene rings is 1. The van der Waals surface area contributed by atoms with Crippen molar-refractivity contribution in [2.75, 3.05) is 25.4 Å². The number of oxazole rings is 2. The van der Waals surface area contributed by atoms with Crippen LogP contribution in [0, 0.1) is 6.92 Å². The molecule has 0 saturated carbocycles. The topological polar surface area (TPSA) is 86.0 Å². The van der Waals surface area contributed by atoms with E-state index in [1.54, 1.807) is 11.8 Å². The SMILES string of the molecule is CCc1nc2cc3c(cc2o1)CCN(CCCSc1nnc(-c2ocnc2C)n1C)CC3.Cl. The maximum Gasteiger partial charge on any atom is 0.202 e. The van der Waals surface area contributed by atoms with Crippen LogP contribution in [-0.4, -0.2) is 55.0 Å². The number of hydrogen-bond acceptors (Lipinski definition) is 8. The lowest BCUT2D eigenvalue weighted by molar-refractivity contribution is 0.289. The summed E-state index contributed by atoms with van der Waals surface area (Å²) in [6, 6.07) is 4.44. The molecule has 1 aliphatic heterocycles. The smallest absolute Gasteiger partial charge is 0.202 e. The van der Waals surface area contributed by atoms with Gasteiger partial charge in [0.25, 0.3) is 0 Å². The molecule has 0 fully saturated rings. The van der Waals surface area contributed by atoms with Crippen molar-refractivity contribution in [1.29, 1.82) is 0 Å². The quantitative estimate of drug-likeness (QED) is 0.278. The molecule has 0 spiro atoms. The van der Waals surface area contributed by atoms with Crippen molar-refractivity contribution < 1.29 is 8.83 Å². The van der Waals surface area contributed by atoms with Crippen molar-refractivity contribution in [3.63, 3.8) is 0 Å². The molecule has 176 valence electrons. The molecule has 0 radical (unpaired) electrons. The average Bonchev–Trinajstić information content (AvgIpc) is 3.46. The van der Waals surface area contributed by atoms with E-state index in [-0.39, 0.29) is 12.4 Å². The fraction of sp³-hybridized carbons (Fsp3) is 0.478. The second-order valence-electron chi connectivity index (χ2n) is 8.23. The minimum absolute atomic E-state index is 0. The maximum absolute atomic E-state index is 5.86. The first kappa shape index (κ1) is 23.8. The summed E-state index contributed by atoms with van der Waals surface area (Å²) in [5.74, 6) is 3.23. The van der Waals surface area contributed by atoms with Crippen molar-refractivity contribution in [2.45, 2.75) is 44.7 Å². The van der Waals surface area contributed by atoms with E-state index in [0.717, 1.165) is 84.7 Å². The summed E-state index contributed by atoms with van der Waals surface area (Å²) in [7, 11) is 1.97. The Morgan fingerprint density at radius 1 is 1.12 bits per heavy atom. The van der Waals surface area contributed by atoms with Crippen LogP contribution in [0.2, 0.25) is 0 Å². The average molecular weight is 489 g/mol. The molecule has 0 N–H and O–H groups in total. The maximum atomic E-state index is 5.86. The van der Waals surface area contributed by atoms with E-state index in [4.69, 9.17) is 8.83 Å². The molecule has 0 bridgehead atoms. The number of nitrogens with zero attached hydrogens (tertiary/aromatic N) is 6. The number of hydrogen-bond donors (Lipinski definition) is 0. The Balaban J connectivity index is 0.00000259. The second-order valence-corrected chi connectivity index (χ2v) is 9.29. The molecular formula is C23H29ClN6O2S. The van der Waals surface area contributed by atoms with Gasteiger partial charge in [0, 0.05) is 32.3 Å². The van der Waals surface area contributed by atoms with Gasteiger partial charge in [0.1, 0.15) is 5.52 Å². The number of rotatable bonds is 7. The standard InChI is InChI=1S/C23H28N6O2S.ClH/c1-4-20-25-18-12-16-6-9-29(10-7-17(16)13-19(18)31-20)8-5-11-32-23-27-26-22(28(23)3)21-15(2)24-14-30-21;/h12-14H,4-11H2,1-3H3;1H. The van der Waals surface area contributed by atoms with Crippen LogP contribution in [-0.2, 0) is 26.3 Å². The molecule has 1 aromatic carbocycles. The molecule has 8 nitrogen and oxygen atoms in total. The van der Waals surface area contributed by atoms with E-state index in [9.17, 15) is 0 Å². The zero-order valence-corrected chi connectivity index (χ0v) is 20.8. The van der Waals surface area contributed by atoms with Gasteiger partial charge in [-0.3, -0.25) is 0 Å². The Kier molecular flexibility index (Phi) is 7.41. The van der Waals surface area contributed by atoms with Crippen LogP contribution in [0.5, 0.6) is 0 Å². The third-order valence-electron chi connectivity index (χ3n) is 6.08. The molecule has 0 atom stereocenters. The van der Waals surface area contributed by atoms with Crippen molar-refractivity contribution in [2.24, 2.45) is 7.05 Å². The minimum Gasteiger partial charge on any atom is -0.441 e. The van der Waals surface area contributed by atoms with Gasteiger partial charge in [-0.1, -0.05) is 18.7 Å². The molecule has 0 aliphatic carbocycles. The number of fused-ring (bicyclic) bond motifs is 2. The van der Waals surface area contributed by atoms with Gasteiger partial charge in [-0.15, -0.1) is 22.6 Å². The van der Waals surface area contributed by atoms with Gasteiger partial charge in [0.05, 0.1) is 5.69 Å². The summed E-state index contributed by atoms with van der Waals surface area (Å²) in [5.41, 5.74) is 5.57. The Morgan fingerprint density at radius 2 is 1.91 bits per heavy atom. The van der Waals surface area contributed by atoms with E-state index in [1.165, 1.54) is 17.5 Å². The van der Waals surface area contributed by atoms with Crippen LogP contribution in [0.3, 0.4) is 0 Å². The lowest BCUT2D eigenvalue weighted by Crippen LogP contribution is -2.27. The summed E-state index contributed by atoms with van der Waals surface area (Å²) in [4.78, 5) is 11.3. The van der Waals surface area contributed by atoms with Gasteiger partial charge >= 0.3 is 0 Å². The first-order chi connectivity index (χ1) is 15.6. The molecule has 10 heteroatoms. The van der Waals surface area contributed by atoms with Gasteiger partial charge in [-0.05, 0) is 56.0 Å². The van der Waals surface area contributed by atoms with Gasteiger partial charge in [-0.2, -0.15) is 0 Å². The van der Waals surface area contributed by atoms with E-state index in [2.05, 4.69) is 44.1 Å². The van der Waals surface area contributed by atoms with Gasteiger partial charge in [-0.25, -0.2) is 9.97 Å². The van der Waals surface area contributed by atoms with Gasteiger partial charge in [0.15, 0.2) is 28.8 Å². The van der Waals surface area contributed by atoms with Crippen molar-refractivity contribution >= 4 is 35.3 Å². The summed E-state index contributed by atoms with van der Waals surface area (Å²) >= 11 is 1.74. The molecule has 5 rings (SSSR count). The van der Waals surface area contributed by atoms with E-state index in [0.29, 0.717) is 5.76 Å². The third kappa shape index (κ3) is 4.95. The first-order valence-electron chi connectivity index (χ1n) is 11.2. The van der Waals surface area contributed by atoms with Crippen LogP contribution in [0.1, 0.15) is 36.1 Å². The second kappa shape index (κ2) is 10.3. The molecule has 3 aromatic heterocycles. The number of aromatic nitrogens is 5. The summed E-state index contributed by atoms with van der Waals surface area (Å²) in [6.45, 7) is 7.24. The highest BCUT2D eigenvalue weighted by atomic mass is 35.5. The van der Waals surface area contributed by atoms with Crippen LogP contribution in [0.15, 0.2) is 32.5 Å². The summed E-state index contributed by atoms with van der Waals surface area (Å²) in [6.07, 6.45) is 5.51. The summed E-state index contributed by atoms with van der Waals surface area (Å²) in [5, 5.41) is 9.52. The molecule has 0 unspecified atom stereocenters. The summed E-state index contributed by atoms with van der Waals surface area (Å²) < 4.78 is 13.3. The van der Waals surface area contributed by atoms with Crippen molar-refractivity contribution in [1.82, 2.24) is 29.6 Å². The monoisotopic (exact) mass is 488 g/mol. The fourth-order valence-corrected chi connectivity index (χ4v) is 5.06. The molecule has 4 heterocycles. The highest BCUT2D eigenvalue weighted by Crippen LogP contribution is 2.26. The zero-order valence-electron chi connectivity index (χ0n) is 19.2. The molecule has 0 saturated heterocycles. The van der Waals surface area contributed by atoms with Crippen LogP contribution in [0.4, 0.5) is 0 Å². The molecule has 1 aliphatic rings. The lowest BCUT2D eigenvalue weighted by atomic mass is 10.0. The third-order valence-corrected chi connectivity index (χ3v) is 7.19. The fourth-order valence-electron chi connectivity index (χ4n) is 4.22. The number of halogens is 1. The Morgan fingerprint density at radius 3 is 2.64 bits per heavy atom. The molecular weight excluding hydrogens is 460 g/mol. The zero-order chi connectivity index (χ0) is 22.1. The van der Waals surface area contributed by atoms with E-state index in [1.807, 2.05) is 18.5 Å². The predicted molar refractivity (Wildman–Crippen MR) is 131 cm³/mol. The normalized spacial score (nSPS) is 14.3. The minimum atomic E-state index is 0. The van der Waals surface area contributed by atoms with Crippen molar-refractivity contribution in [3.05, 3.63) is 41.2 Å². The van der Waals surface area contributed by atoms with Crippen LogP contribution in [0.25, 0.3) is 22.7 Å². The number of aryl methyl sites for hydroxylation is 2. The predicted octanol–water partition coefficient (Wildman–Crippen LogP) is 4.49. The van der Waals surface area contributed by atoms with E-state index < -0.39 is 0 Å². The van der Waals surface area contributed by atoms with Crippen LogP contribution >= 0.6 is 24.2 Å². The molecule has 0 amide bonds. The lowest BCUT2D eigenvalue weighted by Gasteiger charge is -2.19.